The third-order valence-electron chi connectivity index (χ3n) is 5.80. The molecule has 0 radical (unpaired) electrons. The van der Waals surface area contributed by atoms with Crippen LogP contribution in [0.4, 0.5) is 0 Å². The Bertz CT molecular complexity index is 1390. The number of aromatic nitrogens is 3. The van der Waals surface area contributed by atoms with Gasteiger partial charge < -0.3 is 4.90 Å². The van der Waals surface area contributed by atoms with Gasteiger partial charge in [0.1, 0.15) is 0 Å². The summed E-state index contributed by atoms with van der Waals surface area (Å²) < 4.78 is 1.85. The van der Waals surface area contributed by atoms with Gasteiger partial charge in [-0.25, -0.2) is 9.67 Å². The number of rotatable bonds is 7. The van der Waals surface area contributed by atoms with Gasteiger partial charge in [-0.05, 0) is 50.1 Å². The topological polar surface area (TPSA) is 74.8 Å². The van der Waals surface area contributed by atoms with Crippen LogP contribution < -0.4 is 0 Å². The first-order valence-electron chi connectivity index (χ1n) is 11.3. The average molecular weight is 450 g/mol. The van der Waals surface area contributed by atoms with Gasteiger partial charge >= 0.3 is 0 Å². The van der Waals surface area contributed by atoms with E-state index in [1.807, 2.05) is 67.9 Å². The van der Waals surface area contributed by atoms with E-state index in [1.54, 1.807) is 29.3 Å². The predicted octanol–water partition coefficient (Wildman–Crippen LogP) is 5.69. The van der Waals surface area contributed by atoms with E-state index in [0.29, 0.717) is 29.9 Å². The number of carbonyl (C=O) groups excluding carboxylic acids is 1. The molecule has 0 unspecified atom stereocenters. The molecule has 2 aromatic heterocycles. The van der Waals surface area contributed by atoms with Crippen molar-refractivity contribution in [2.24, 2.45) is 0 Å². The second-order valence-corrected chi connectivity index (χ2v) is 8.57. The largest absolute Gasteiger partial charge is 0.331 e. The first kappa shape index (κ1) is 22.9. The Morgan fingerprint density at radius 1 is 1.21 bits per heavy atom. The van der Waals surface area contributed by atoms with Crippen molar-refractivity contribution in [2.75, 3.05) is 6.54 Å². The summed E-state index contributed by atoms with van der Waals surface area (Å²) in [7, 11) is 0. The van der Waals surface area contributed by atoms with Crippen LogP contribution >= 0.6 is 0 Å². The van der Waals surface area contributed by atoms with Crippen molar-refractivity contribution in [1.29, 1.82) is 5.26 Å². The number of fused-ring (bicyclic) bond motifs is 1. The molecular weight excluding hydrogens is 422 g/mol. The van der Waals surface area contributed by atoms with Crippen molar-refractivity contribution in [3.63, 3.8) is 0 Å². The van der Waals surface area contributed by atoms with Crippen LogP contribution in [0.2, 0.25) is 0 Å². The smallest absolute Gasteiger partial charge is 0.255 e. The summed E-state index contributed by atoms with van der Waals surface area (Å²) in [6.07, 6.45) is 3.45. The number of aryl methyl sites for hydroxylation is 1. The van der Waals surface area contributed by atoms with Gasteiger partial charge in [0.25, 0.3) is 5.91 Å². The highest BCUT2D eigenvalue weighted by Crippen LogP contribution is 2.29. The quantitative estimate of drug-likeness (QED) is 0.340. The normalized spacial score (nSPS) is 10.9. The minimum absolute atomic E-state index is 0.1000. The number of benzene rings is 2. The van der Waals surface area contributed by atoms with Gasteiger partial charge in [-0.2, -0.15) is 10.4 Å². The maximum absolute atomic E-state index is 13.9. The van der Waals surface area contributed by atoms with Crippen LogP contribution in [0, 0.1) is 18.3 Å². The Hall–Kier alpha value is -4.24. The lowest BCUT2D eigenvalue weighted by molar-refractivity contribution is 0.0764. The first-order chi connectivity index (χ1) is 16.4. The Morgan fingerprint density at radius 2 is 1.94 bits per heavy atom. The van der Waals surface area contributed by atoms with Crippen LogP contribution in [0.15, 0.2) is 73.4 Å². The van der Waals surface area contributed by atoms with E-state index in [9.17, 15) is 4.79 Å². The molecule has 6 nitrogen and oxygen atoms in total. The predicted molar refractivity (Wildman–Crippen MR) is 134 cm³/mol. The maximum atomic E-state index is 13.9. The Kier molecular flexibility index (Phi) is 6.55. The second kappa shape index (κ2) is 9.72. The van der Waals surface area contributed by atoms with Gasteiger partial charge in [0.2, 0.25) is 0 Å². The third-order valence-corrected chi connectivity index (χ3v) is 5.80. The summed E-state index contributed by atoms with van der Waals surface area (Å²) in [4.78, 5) is 20.6. The lowest BCUT2D eigenvalue weighted by Gasteiger charge is -2.22. The zero-order valence-corrected chi connectivity index (χ0v) is 19.7. The molecule has 0 fully saturated rings. The SMILES string of the molecule is C=CCN(Cc1ccc(C#N)cc1)C(=O)c1cc(-c2ccccc2C)nc2c1cnn2C(C)C. The van der Waals surface area contributed by atoms with E-state index >= 15 is 0 Å². The zero-order valence-electron chi connectivity index (χ0n) is 19.7. The highest BCUT2D eigenvalue weighted by atomic mass is 16.2. The minimum Gasteiger partial charge on any atom is -0.331 e. The molecule has 0 bridgehead atoms. The molecule has 1 amide bonds. The zero-order chi connectivity index (χ0) is 24.2. The second-order valence-electron chi connectivity index (χ2n) is 8.57. The molecule has 0 aliphatic heterocycles. The summed E-state index contributed by atoms with van der Waals surface area (Å²) in [5.41, 5.74) is 5.60. The highest BCUT2D eigenvalue weighted by molar-refractivity contribution is 6.06. The summed E-state index contributed by atoms with van der Waals surface area (Å²) in [5, 5.41) is 14.3. The van der Waals surface area contributed by atoms with Gasteiger partial charge in [0.05, 0.1) is 34.5 Å². The van der Waals surface area contributed by atoms with Crippen LogP contribution in [-0.2, 0) is 6.54 Å². The molecule has 0 aliphatic rings. The molecule has 4 rings (SSSR count). The maximum Gasteiger partial charge on any atom is 0.255 e. The first-order valence-corrected chi connectivity index (χ1v) is 11.3. The molecule has 4 aromatic rings. The standard InChI is InChI=1S/C28H27N5O/c1-5-14-32(18-22-12-10-21(16-29)11-13-22)28(34)24-15-26(23-9-7-6-8-20(23)4)31-27-25(24)17-30-33(27)19(2)3/h5-13,15,17,19H,1,14,18H2,2-4H3. The van der Waals surface area contributed by atoms with E-state index in [-0.39, 0.29) is 11.9 Å². The molecule has 34 heavy (non-hydrogen) atoms. The van der Waals surface area contributed by atoms with Crippen molar-refractivity contribution >= 4 is 16.9 Å². The number of nitriles is 1. The van der Waals surface area contributed by atoms with Crippen molar-refractivity contribution in [1.82, 2.24) is 19.7 Å². The van der Waals surface area contributed by atoms with Gasteiger partial charge in [-0.1, -0.05) is 42.5 Å². The summed E-state index contributed by atoms with van der Waals surface area (Å²) in [5.74, 6) is -0.116. The molecule has 6 heteroatoms. The van der Waals surface area contributed by atoms with Crippen molar-refractivity contribution in [2.45, 2.75) is 33.4 Å². The number of amides is 1. The highest BCUT2D eigenvalue weighted by Gasteiger charge is 2.23. The summed E-state index contributed by atoms with van der Waals surface area (Å²) in [6.45, 7) is 10.8. The van der Waals surface area contributed by atoms with E-state index < -0.39 is 0 Å². The molecule has 0 aliphatic carbocycles. The molecule has 0 atom stereocenters. The van der Waals surface area contributed by atoms with Gasteiger partial charge in [-0.3, -0.25) is 4.79 Å². The van der Waals surface area contributed by atoms with Crippen LogP contribution in [0.1, 0.15) is 46.9 Å². The molecule has 2 aromatic carbocycles. The number of hydrogen-bond acceptors (Lipinski definition) is 4. The number of pyridine rings is 1. The van der Waals surface area contributed by atoms with Crippen LogP contribution in [0.3, 0.4) is 0 Å². The third kappa shape index (κ3) is 4.46. The fourth-order valence-corrected chi connectivity index (χ4v) is 4.02. The number of carbonyl (C=O) groups is 1. The molecule has 170 valence electrons. The van der Waals surface area contributed by atoms with Crippen LogP contribution in [0.5, 0.6) is 0 Å². The van der Waals surface area contributed by atoms with Crippen molar-refractivity contribution < 1.29 is 4.79 Å². The fraction of sp³-hybridized carbons (Fsp3) is 0.214. The van der Waals surface area contributed by atoms with Crippen molar-refractivity contribution in [3.8, 4) is 17.3 Å². The molecular formula is C28H27N5O. The fourth-order valence-electron chi connectivity index (χ4n) is 4.02. The summed E-state index contributed by atoms with van der Waals surface area (Å²) >= 11 is 0. The van der Waals surface area contributed by atoms with E-state index in [0.717, 1.165) is 27.8 Å². The molecule has 0 saturated carbocycles. The van der Waals surface area contributed by atoms with E-state index in [4.69, 9.17) is 10.2 Å². The lowest BCUT2D eigenvalue weighted by atomic mass is 10.0. The monoisotopic (exact) mass is 449 g/mol. The molecule has 0 spiro atoms. The Balaban J connectivity index is 1.83. The minimum atomic E-state index is -0.116. The Morgan fingerprint density at radius 3 is 2.59 bits per heavy atom. The lowest BCUT2D eigenvalue weighted by Crippen LogP contribution is -2.31. The van der Waals surface area contributed by atoms with Gasteiger partial charge in [-0.15, -0.1) is 6.58 Å². The van der Waals surface area contributed by atoms with Gasteiger partial charge in [0.15, 0.2) is 5.65 Å². The Labute approximate surface area is 199 Å². The summed E-state index contributed by atoms with van der Waals surface area (Å²) in [6, 6.07) is 19.4. The molecule has 2 heterocycles. The number of hydrogen-bond donors (Lipinski definition) is 0. The van der Waals surface area contributed by atoms with Crippen molar-refractivity contribution in [3.05, 3.63) is 95.7 Å². The number of nitrogens with zero attached hydrogens (tertiary/aromatic N) is 5. The van der Waals surface area contributed by atoms with Gasteiger partial charge in [0, 0.05) is 24.7 Å². The average Bonchev–Trinajstić information content (AvgIpc) is 3.28. The van der Waals surface area contributed by atoms with E-state index in [1.165, 1.54) is 0 Å². The van der Waals surface area contributed by atoms with E-state index in [2.05, 4.69) is 17.7 Å². The molecule has 0 N–H and O–H groups in total. The van der Waals surface area contributed by atoms with Crippen LogP contribution in [0.25, 0.3) is 22.3 Å². The molecule has 0 saturated heterocycles. The van der Waals surface area contributed by atoms with Crippen LogP contribution in [-0.4, -0.2) is 32.1 Å².